The molecule has 1 amide bonds. The van der Waals surface area contributed by atoms with Crippen molar-refractivity contribution in [2.75, 3.05) is 51.3 Å². The monoisotopic (exact) mass is 412 g/mol. The van der Waals surface area contributed by atoms with E-state index in [9.17, 15) is 4.79 Å². The predicted octanol–water partition coefficient (Wildman–Crippen LogP) is 2.76. The summed E-state index contributed by atoms with van der Waals surface area (Å²) >= 11 is 0. The molecule has 5 rings (SSSR count). The molecule has 2 aromatic rings. The third kappa shape index (κ3) is 3.93. The summed E-state index contributed by atoms with van der Waals surface area (Å²) in [6.45, 7) is 5.47. The molecule has 1 atom stereocenters. The minimum Gasteiger partial charge on any atom is -0.423 e. The highest BCUT2D eigenvalue weighted by Gasteiger charge is 2.34. The number of carbonyl (C=O) groups is 1. The molecule has 3 saturated heterocycles. The number of likely N-dealkylation sites (tertiary alicyclic amines) is 1. The number of hydrogen-bond acceptors (Lipinski definition) is 6. The lowest BCUT2D eigenvalue weighted by molar-refractivity contribution is -0.138. The van der Waals surface area contributed by atoms with Crippen LogP contribution >= 0.6 is 0 Å². The topological polar surface area (TPSA) is 62.1 Å². The number of aromatic nitrogens is 1. The SMILES string of the molecule is CN(C(=O)C1CCN(C2CCN(c3nc4ccccc4o3)CC2)CC1)[C@@H]1CCOC1. The molecule has 0 N–H and O–H groups in total. The largest absolute Gasteiger partial charge is 0.423 e. The summed E-state index contributed by atoms with van der Waals surface area (Å²) < 4.78 is 11.4. The van der Waals surface area contributed by atoms with E-state index in [4.69, 9.17) is 9.15 Å². The molecule has 0 unspecified atom stereocenters. The number of para-hydroxylation sites is 2. The van der Waals surface area contributed by atoms with Crippen LogP contribution in [0.25, 0.3) is 11.1 Å². The standard InChI is InChI=1S/C23H32N4O3/c1-25(19-10-15-29-16-19)22(28)17-6-11-26(12-7-17)18-8-13-27(14-9-18)23-24-20-4-2-3-5-21(20)30-23/h2-5,17-19H,6-16H2,1H3/t19-/m1/s1. The zero-order valence-electron chi connectivity index (χ0n) is 17.8. The van der Waals surface area contributed by atoms with E-state index in [-0.39, 0.29) is 12.0 Å². The molecule has 3 aliphatic rings. The molecule has 0 spiro atoms. The Hall–Kier alpha value is -2.12. The van der Waals surface area contributed by atoms with Gasteiger partial charge in [0, 0.05) is 38.7 Å². The molecule has 4 heterocycles. The van der Waals surface area contributed by atoms with Gasteiger partial charge in [0.2, 0.25) is 5.91 Å². The summed E-state index contributed by atoms with van der Waals surface area (Å²) in [5.41, 5.74) is 1.78. The van der Waals surface area contributed by atoms with Crippen molar-refractivity contribution in [1.82, 2.24) is 14.8 Å². The van der Waals surface area contributed by atoms with Crippen LogP contribution in [0, 0.1) is 5.92 Å². The smallest absolute Gasteiger partial charge is 0.298 e. The Balaban J connectivity index is 1.11. The van der Waals surface area contributed by atoms with Crippen LogP contribution in [0.5, 0.6) is 0 Å². The summed E-state index contributed by atoms with van der Waals surface area (Å²) in [6, 6.07) is 9.57. The van der Waals surface area contributed by atoms with Crippen molar-refractivity contribution >= 4 is 23.0 Å². The Kier molecular flexibility index (Phi) is 5.65. The number of nitrogens with zero attached hydrogens (tertiary/aromatic N) is 4. The maximum absolute atomic E-state index is 12.9. The van der Waals surface area contributed by atoms with Gasteiger partial charge in [-0.15, -0.1) is 0 Å². The zero-order valence-corrected chi connectivity index (χ0v) is 17.8. The highest BCUT2D eigenvalue weighted by Crippen LogP contribution is 2.29. The average molecular weight is 413 g/mol. The normalized spacial score (nSPS) is 24.6. The van der Waals surface area contributed by atoms with Crippen molar-refractivity contribution in [2.24, 2.45) is 5.92 Å². The van der Waals surface area contributed by atoms with Crippen LogP contribution in [0.1, 0.15) is 32.1 Å². The van der Waals surface area contributed by atoms with E-state index in [0.29, 0.717) is 18.6 Å². The Morgan fingerprint density at radius 2 is 1.83 bits per heavy atom. The van der Waals surface area contributed by atoms with Crippen molar-refractivity contribution in [3.8, 4) is 0 Å². The lowest BCUT2D eigenvalue weighted by atomic mass is 9.92. The number of amides is 1. The first-order valence-corrected chi connectivity index (χ1v) is 11.4. The van der Waals surface area contributed by atoms with Gasteiger partial charge in [-0.25, -0.2) is 0 Å². The van der Waals surface area contributed by atoms with E-state index in [0.717, 1.165) is 82.0 Å². The number of anilines is 1. The maximum atomic E-state index is 12.9. The van der Waals surface area contributed by atoms with E-state index in [1.165, 1.54) is 0 Å². The molecule has 0 radical (unpaired) electrons. The number of carbonyl (C=O) groups excluding carboxylic acids is 1. The van der Waals surface area contributed by atoms with Crippen LogP contribution < -0.4 is 4.90 Å². The average Bonchev–Trinajstić information content (AvgIpc) is 3.48. The zero-order chi connectivity index (χ0) is 20.5. The molecule has 3 fully saturated rings. The number of benzene rings is 1. The third-order valence-corrected chi connectivity index (χ3v) is 7.21. The first kappa shape index (κ1) is 19.8. The van der Waals surface area contributed by atoms with Crippen molar-refractivity contribution in [2.45, 2.75) is 44.2 Å². The fraction of sp³-hybridized carbons (Fsp3) is 0.652. The second-order valence-electron chi connectivity index (χ2n) is 8.96. The molecule has 30 heavy (non-hydrogen) atoms. The van der Waals surface area contributed by atoms with Gasteiger partial charge < -0.3 is 23.9 Å². The van der Waals surface area contributed by atoms with Crippen LogP contribution in [0.3, 0.4) is 0 Å². The van der Waals surface area contributed by atoms with Crippen molar-refractivity contribution in [1.29, 1.82) is 0 Å². The van der Waals surface area contributed by atoms with Gasteiger partial charge in [-0.1, -0.05) is 12.1 Å². The van der Waals surface area contributed by atoms with Crippen LogP contribution in [0.15, 0.2) is 28.7 Å². The second kappa shape index (κ2) is 8.55. The highest BCUT2D eigenvalue weighted by atomic mass is 16.5. The van der Waals surface area contributed by atoms with E-state index >= 15 is 0 Å². The lowest BCUT2D eigenvalue weighted by Crippen LogP contribution is -2.50. The number of fused-ring (bicyclic) bond motifs is 1. The fourth-order valence-corrected chi connectivity index (χ4v) is 5.22. The van der Waals surface area contributed by atoms with E-state index < -0.39 is 0 Å². The van der Waals surface area contributed by atoms with Gasteiger partial charge in [0.15, 0.2) is 5.58 Å². The summed E-state index contributed by atoms with van der Waals surface area (Å²) in [6.07, 6.45) is 5.16. The van der Waals surface area contributed by atoms with Crippen LogP contribution in [0.2, 0.25) is 0 Å². The number of ether oxygens (including phenoxy) is 1. The van der Waals surface area contributed by atoms with Gasteiger partial charge in [0.1, 0.15) is 5.52 Å². The maximum Gasteiger partial charge on any atom is 0.298 e. The van der Waals surface area contributed by atoms with Gasteiger partial charge in [0.25, 0.3) is 6.01 Å². The third-order valence-electron chi connectivity index (χ3n) is 7.21. The van der Waals surface area contributed by atoms with Gasteiger partial charge in [-0.2, -0.15) is 4.98 Å². The molecule has 0 saturated carbocycles. The second-order valence-corrected chi connectivity index (χ2v) is 8.96. The minimum absolute atomic E-state index is 0.173. The summed E-state index contributed by atoms with van der Waals surface area (Å²) in [4.78, 5) is 24.3. The van der Waals surface area contributed by atoms with Crippen molar-refractivity contribution in [3.05, 3.63) is 24.3 Å². The number of piperidine rings is 2. The molecule has 162 valence electrons. The summed E-state index contributed by atoms with van der Waals surface area (Å²) in [5, 5.41) is 0. The molecule has 7 heteroatoms. The van der Waals surface area contributed by atoms with E-state index in [2.05, 4.69) is 14.8 Å². The molecule has 1 aromatic carbocycles. The van der Waals surface area contributed by atoms with E-state index in [1.54, 1.807) is 0 Å². The predicted molar refractivity (Wildman–Crippen MR) is 116 cm³/mol. The summed E-state index contributed by atoms with van der Waals surface area (Å²) in [7, 11) is 1.95. The first-order chi connectivity index (χ1) is 14.7. The molecular weight excluding hydrogens is 380 g/mol. The molecule has 0 aliphatic carbocycles. The first-order valence-electron chi connectivity index (χ1n) is 11.4. The fourth-order valence-electron chi connectivity index (χ4n) is 5.22. The lowest BCUT2D eigenvalue weighted by Gasteiger charge is -2.42. The number of hydrogen-bond donors (Lipinski definition) is 0. The Bertz CT molecular complexity index is 829. The number of rotatable bonds is 4. The van der Waals surface area contributed by atoms with Gasteiger partial charge in [-0.05, 0) is 57.3 Å². The van der Waals surface area contributed by atoms with Crippen LogP contribution in [0.4, 0.5) is 6.01 Å². The quantitative estimate of drug-likeness (QED) is 0.770. The molecule has 1 aromatic heterocycles. The van der Waals surface area contributed by atoms with Crippen LogP contribution in [-0.2, 0) is 9.53 Å². The molecular formula is C23H32N4O3. The molecule has 3 aliphatic heterocycles. The number of oxazole rings is 1. The highest BCUT2D eigenvalue weighted by molar-refractivity contribution is 5.79. The van der Waals surface area contributed by atoms with Gasteiger partial charge in [0.05, 0.1) is 12.6 Å². The van der Waals surface area contributed by atoms with Crippen LogP contribution in [-0.4, -0.2) is 79.2 Å². The van der Waals surface area contributed by atoms with Gasteiger partial charge >= 0.3 is 0 Å². The van der Waals surface area contributed by atoms with Crippen molar-refractivity contribution < 1.29 is 13.9 Å². The van der Waals surface area contributed by atoms with Crippen molar-refractivity contribution in [3.63, 3.8) is 0 Å². The Morgan fingerprint density at radius 3 is 2.53 bits per heavy atom. The number of likely N-dealkylation sites (N-methyl/N-ethyl adjacent to an activating group) is 1. The van der Waals surface area contributed by atoms with E-state index in [1.807, 2.05) is 36.2 Å². The van der Waals surface area contributed by atoms with Gasteiger partial charge in [-0.3, -0.25) is 4.79 Å². The summed E-state index contributed by atoms with van der Waals surface area (Å²) in [5.74, 6) is 0.489. The molecule has 0 bridgehead atoms. The minimum atomic E-state index is 0.173. The Labute approximate surface area is 178 Å². The Morgan fingerprint density at radius 1 is 1.07 bits per heavy atom. The molecule has 7 nitrogen and oxygen atoms in total.